The summed E-state index contributed by atoms with van der Waals surface area (Å²) in [5.41, 5.74) is 0.594. The molecular weight excluding hydrogens is 319 g/mol. The SMILES string of the molecule is CC(=O)N(CCC(=O)NC1CCCCCC1)CCc1ccccc1F. The molecule has 0 bridgehead atoms. The molecule has 0 atom stereocenters. The van der Waals surface area contributed by atoms with Crippen molar-refractivity contribution < 1.29 is 14.0 Å². The van der Waals surface area contributed by atoms with E-state index in [1.165, 1.54) is 38.7 Å². The molecular formula is C20H29FN2O2. The minimum atomic E-state index is -0.253. The van der Waals surface area contributed by atoms with Gasteiger partial charge in [-0.05, 0) is 30.9 Å². The maximum Gasteiger partial charge on any atom is 0.221 e. The van der Waals surface area contributed by atoms with Gasteiger partial charge >= 0.3 is 0 Å². The fraction of sp³-hybridized carbons (Fsp3) is 0.600. The molecule has 1 saturated carbocycles. The Morgan fingerprint density at radius 3 is 2.44 bits per heavy atom. The van der Waals surface area contributed by atoms with Crippen LogP contribution in [0, 0.1) is 5.82 Å². The molecule has 2 amide bonds. The third-order valence-electron chi connectivity index (χ3n) is 4.88. The van der Waals surface area contributed by atoms with Crippen molar-refractivity contribution in [3.63, 3.8) is 0 Å². The number of carbonyl (C=O) groups excluding carboxylic acids is 2. The van der Waals surface area contributed by atoms with Gasteiger partial charge in [0, 0.05) is 32.5 Å². The van der Waals surface area contributed by atoms with E-state index in [4.69, 9.17) is 0 Å². The summed E-state index contributed by atoms with van der Waals surface area (Å²) in [6, 6.07) is 6.87. The summed E-state index contributed by atoms with van der Waals surface area (Å²) in [5, 5.41) is 3.10. The number of amides is 2. The van der Waals surface area contributed by atoms with Gasteiger partial charge in [-0.15, -0.1) is 0 Å². The zero-order chi connectivity index (χ0) is 18.1. The molecule has 0 aromatic heterocycles. The molecule has 25 heavy (non-hydrogen) atoms. The van der Waals surface area contributed by atoms with Gasteiger partial charge in [-0.1, -0.05) is 43.9 Å². The number of nitrogens with one attached hydrogen (secondary N) is 1. The largest absolute Gasteiger partial charge is 0.353 e. The van der Waals surface area contributed by atoms with Gasteiger partial charge in [-0.2, -0.15) is 0 Å². The molecule has 1 aromatic rings. The predicted molar refractivity (Wildman–Crippen MR) is 96.6 cm³/mol. The van der Waals surface area contributed by atoms with Gasteiger partial charge in [0.15, 0.2) is 0 Å². The van der Waals surface area contributed by atoms with Crippen LogP contribution in [0.1, 0.15) is 57.4 Å². The standard InChI is InChI=1S/C20H29FN2O2/c1-16(24)23(14-12-17-8-6-7-11-19(17)21)15-13-20(25)22-18-9-4-2-3-5-10-18/h6-8,11,18H,2-5,9-10,12-15H2,1H3,(H,22,25). The van der Waals surface area contributed by atoms with Gasteiger partial charge in [0.25, 0.3) is 0 Å². The average molecular weight is 348 g/mol. The smallest absolute Gasteiger partial charge is 0.221 e. The first kappa shape index (κ1) is 19.4. The molecule has 5 heteroatoms. The molecule has 1 N–H and O–H groups in total. The van der Waals surface area contributed by atoms with Gasteiger partial charge in [0.1, 0.15) is 5.82 Å². The van der Waals surface area contributed by atoms with E-state index in [0.29, 0.717) is 31.5 Å². The van der Waals surface area contributed by atoms with Crippen molar-refractivity contribution in [2.45, 2.75) is 64.3 Å². The third kappa shape index (κ3) is 6.85. The summed E-state index contributed by atoms with van der Waals surface area (Å²) >= 11 is 0. The molecule has 1 fully saturated rings. The van der Waals surface area contributed by atoms with Crippen molar-refractivity contribution in [2.24, 2.45) is 0 Å². The Hall–Kier alpha value is -1.91. The quantitative estimate of drug-likeness (QED) is 0.767. The maximum absolute atomic E-state index is 13.7. The molecule has 0 aliphatic heterocycles. The molecule has 0 spiro atoms. The Morgan fingerprint density at radius 2 is 1.80 bits per heavy atom. The molecule has 0 heterocycles. The van der Waals surface area contributed by atoms with Crippen LogP contribution in [-0.2, 0) is 16.0 Å². The van der Waals surface area contributed by atoms with Crippen molar-refractivity contribution in [2.75, 3.05) is 13.1 Å². The summed E-state index contributed by atoms with van der Waals surface area (Å²) in [5.74, 6) is -0.334. The minimum absolute atomic E-state index is 0.00374. The van der Waals surface area contributed by atoms with Crippen molar-refractivity contribution >= 4 is 11.8 Å². The minimum Gasteiger partial charge on any atom is -0.353 e. The van der Waals surface area contributed by atoms with Gasteiger partial charge < -0.3 is 10.2 Å². The Balaban J connectivity index is 1.77. The third-order valence-corrected chi connectivity index (χ3v) is 4.88. The van der Waals surface area contributed by atoms with Crippen molar-refractivity contribution in [3.05, 3.63) is 35.6 Å². The molecule has 1 aromatic carbocycles. The number of halogens is 1. The van der Waals surface area contributed by atoms with Crippen molar-refractivity contribution in [3.8, 4) is 0 Å². The molecule has 1 aliphatic carbocycles. The number of carbonyl (C=O) groups is 2. The lowest BCUT2D eigenvalue weighted by atomic mass is 10.1. The van der Waals surface area contributed by atoms with Crippen LogP contribution in [-0.4, -0.2) is 35.8 Å². The van der Waals surface area contributed by atoms with Gasteiger partial charge in [0.05, 0.1) is 0 Å². The first-order valence-corrected chi connectivity index (χ1v) is 9.34. The van der Waals surface area contributed by atoms with Crippen LogP contribution >= 0.6 is 0 Å². The first-order valence-electron chi connectivity index (χ1n) is 9.34. The van der Waals surface area contributed by atoms with Crippen LogP contribution in [0.3, 0.4) is 0 Å². The molecule has 138 valence electrons. The highest BCUT2D eigenvalue weighted by atomic mass is 19.1. The predicted octanol–water partition coefficient (Wildman–Crippen LogP) is 3.45. The lowest BCUT2D eigenvalue weighted by molar-refractivity contribution is -0.129. The van der Waals surface area contributed by atoms with Gasteiger partial charge in [-0.25, -0.2) is 4.39 Å². The summed E-state index contributed by atoms with van der Waals surface area (Å²) in [6.07, 6.45) is 7.70. The van der Waals surface area contributed by atoms with Crippen LogP contribution in [0.5, 0.6) is 0 Å². The highest BCUT2D eigenvalue weighted by Crippen LogP contribution is 2.17. The zero-order valence-electron chi connectivity index (χ0n) is 15.1. The maximum atomic E-state index is 13.7. The normalized spacial score (nSPS) is 15.4. The second-order valence-electron chi connectivity index (χ2n) is 6.85. The summed E-state index contributed by atoms with van der Waals surface area (Å²) in [6.45, 7) is 2.29. The van der Waals surface area contributed by atoms with Crippen molar-refractivity contribution in [1.82, 2.24) is 10.2 Å². The summed E-state index contributed by atoms with van der Waals surface area (Å²) in [4.78, 5) is 25.6. The van der Waals surface area contributed by atoms with Gasteiger partial charge in [-0.3, -0.25) is 9.59 Å². The van der Waals surface area contributed by atoms with Crippen LogP contribution in [0.15, 0.2) is 24.3 Å². The summed E-state index contributed by atoms with van der Waals surface area (Å²) < 4.78 is 13.7. The average Bonchev–Trinajstić information content (AvgIpc) is 2.84. The van der Waals surface area contributed by atoms with E-state index in [1.807, 2.05) is 0 Å². The van der Waals surface area contributed by atoms with Crippen LogP contribution in [0.25, 0.3) is 0 Å². The van der Waals surface area contributed by atoms with Gasteiger partial charge in [0.2, 0.25) is 11.8 Å². The van der Waals surface area contributed by atoms with Crippen LogP contribution in [0.2, 0.25) is 0 Å². The highest BCUT2D eigenvalue weighted by Gasteiger charge is 2.16. The lowest BCUT2D eigenvalue weighted by Crippen LogP contribution is -2.38. The monoisotopic (exact) mass is 348 g/mol. The highest BCUT2D eigenvalue weighted by molar-refractivity contribution is 5.78. The second kappa shape index (κ2) is 10.2. The van der Waals surface area contributed by atoms with E-state index in [1.54, 1.807) is 23.1 Å². The Morgan fingerprint density at radius 1 is 1.12 bits per heavy atom. The fourth-order valence-corrected chi connectivity index (χ4v) is 3.34. The Bertz CT molecular complexity index is 569. The lowest BCUT2D eigenvalue weighted by Gasteiger charge is -2.22. The molecule has 0 saturated heterocycles. The van der Waals surface area contributed by atoms with E-state index < -0.39 is 0 Å². The zero-order valence-corrected chi connectivity index (χ0v) is 15.1. The van der Waals surface area contributed by atoms with Crippen molar-refractivity contribution in [1.29, 1.82) is 0 Å². The molecule has 2 rings (SSSR count). The van der Waals surface area contributed by atoms with E-state index >= 15 is 0 Å². The van der Waals surface area contributed by atoms with Crippen LogP contribution < -0.4 is 5.32 Å². The van der Waals surface area contributed by atoms with E-state index in [2.05, 4.69) is 5.32 Å². The number of rotatable bonds is 7. The summed E-state index contributed by atoms with van der Waals surface area (Å²) in [7, 11) is 0. The molecule has 0 unspecified atom stereocenters. The molecule has 1 aliphatic rings. The second-order valence-corrected chi connectivity index (χ2v) is 6.85. The number of nitrogens with zero attached hydrogens (tertiary/aromatic N) is 1. The Labute approximate surface area is 149 Å². The fourth-order valence-electron chi connectivity index (χ4n) is 3.34. The molecule has 4 nitrogen and oxygen atoms in total. The molecule has 0 radical (unpaired) electrons. The number of hydrogen-bond acceptors (Lipinski definition) is 2. The first-order chi connectivity index (χ1) is 12.1. The Kier molecular flexibility index (Phi) is 7.89. The van der Waals surface area contributed by atoms with E-state index in [0.717, 1.165) is 12.8 Å². The topological polar surface area (TPSA) is 49.4 Å². The number of benzene rings is 1. The van der Waals surface area contributed by atoms with E-state index in [9.17, 15) is 14.0 Å². The number of hydrogen-bond donors (Lipinski definition) is 1. The van der Waals surface area contributed by atoms with Crippen LogP contribution in [0.4, 0.5) is 4.39 Å². The van der Waals surface area contributed by atoms with E-state index in [-0.39, 0.29) is 23.7 Å².